The third kappa shape index (κ3) is 9.64. The van der Waals surface area contributed by atoms with Crippen LogP contribution in [0.1, 0.15) is 82.9 Å². The molecule has 0 aliphatic heterocycles. The number of nitrogens with one attached hydrogen (secondary N) is 2. The minimum absolute atomic E-state index is 0.124. The van der Waals surface area contributed by atoms with Crippen molar-refractivity contribution in [2.75, 3.05) is 43.0 Å². The van der Waals surface area contributed by atoms with E-state index in [2.05, 4.69) is 98.1 Å². The SMILES string of the molecule is CCN(CC)CCCOc1cccc(-c2cc(C(C)C)c(NC(=O)N(CCCc3ccccc3)c3cc4cccnc4[nH]c3=O)c(C(C)C)c2)c1. The summed E-state index contributed by atoms with van der Waals surface area (Å²) < 4.78 is 6.18. The van der Waals surface area contributed by atoms with Gasteiger partial charge < -0.3 is 19.9 Å². The van der Waals surface area contributed by atoms with E-state index in [1.165, 1.54) is 5.56 Å². The van der Waals surface area contributed by atoms with Gasteiger partial charge in [-0.25, -0.2) is 9.78 Å². The van der Waals surface area contributed by atoms with Crippen LogP contribution in [0.25, 0.3) is 22.2 Å². The average Bonchev–Trinajstić information content (AvgIpc) is 3.13. The molecule has 0 saturated carbocycles. The normalized spacial score (nSPS) is 11.5. The molecule has 268 valence electrons. The first-order valence-corrected chi connectivity index (χ1v) is 18.4. The van der Waals surface area contributed by atoms with Crippen molar-refractivity contribution < 1.29 is 9.53 Å². The van der Waals surface area contributed by atoms with Crippen LogP contribution < -0.4 is 20.5 Å². The fraction of sp³-hybridized carbons (Fsp3) is 0.372. The van der Waals surface area contributed by atoms with Crippen molar-refractivity contribution in [1.29, 1.82) is 0 Å². The van der Waals surface area contributed by atoms with Gasteiger partial charge in [-0.05, 0) is 114 Å². The minimum Gasteiger partial charge on any atom is -0.494 e. The first-order chi connectivity index (χ1) is 24.7. The lowest BCUT2D eigenvalue weighted by atomic mass is 9.88. The summed E-state index contributed by atoms with van der Waals surface area (Å²) >= 11 is 0. The van der Waals surface area contributed by atoms with Crippen LogP contribution in [0.3, 0.4) is 0 Å². The second kappa shape index (κ2) is 17.8. The van der Waals surface area contributed by atoms with E-state index in [1.54, 1.807) is 17.2 Å². The number of nitrogens with zero attached hydrogens (tertiary/aromatic N) is 3. The van der Waals surface area contributed by atoms with E-state index in [1.807, 2.05) is 42.5 Å². The number of hydrogen-bond donors (Lipinski definition) is 2. The zero-order chi connectivity index (χ0) is 36.3. The van der Waals surface area contributed by atoms with Gasteiger partial charge in [0.1, 0.15) is 17.1 Å². The predicted molar refractivity (Wildman–Crippen MR) is 211 cm³/mol. The Labute approximate surface area is 302 Å². The Morgan fingerprint density at radius 3 is 2.24 bits per heavy atom. The van der Waals surface area contributed by atoms with Crippen molar-refractivity contribution >= 4 is 28.4 Å². The van der Waals surface area contributed by atoms with Gasteiger partial charge in [-0.2, -0.15) is 0 Å². The number of amides is 2. The number of pyridine rings is 2. The van der Waals surface area contributed by atoms with Gasteiger partial charge >= 0.3 is 6.03 Å². The number of aryl methyl sites for hydroxylation is 1. The first kappa shape index (κ1) is 37.3. The van der Waals surface area contributed by atoms with Crippen LogP contribution in [0.4, 0.5) is 16.2 Å². The summed E-state index contributed by atoms with van der Waals surface area (Å²) in [4.78, 5) is 39.1. The third-order valence-corrected chi connectivity index (χ3v) is 9.45. The van der Waals surface area contributed by atoms with Crippen molar-refractivity contribution in [2.24, 2.45) is 0 Å². The number of carbonyl (C=O) groups is 1. The number of aromatic nitrogens is 2. The van der Waals surface area contributed by atoms with E-state index in [4.69, 9.17) is 4.74 Å². The molecule has 0 atom stereocenters. The summed E-state index contributed by atoms with van der Waals surface area (Å²) in [5.74, 6) is 1.10. The van der Waals surface area contributed by atoms with E-state index >= 15 is 0 Å². The molecule has 2 heterocycles. The summed E-state index contributed by atoms with van der Waals surface area (Å²) in [6.07, 6.45) is 4.08. The molecule has 0 bridgehead atoms. The van der Waals surface area contributed by atoms with Gasteiger partial charge in [0.25, 0.3) is 5.56 Å². The number of aromatic amines is 1. The Morgan fingerprint density at radius 1 is 0.824 bits per heavy atom. The van der Waals surface area contributed by atoms with Gasteiger partial charge in [0.2, 0.25) is 0 Å². The van der Waals surface area contributed by atoms with Crippen molar-refractivity contribution in [3.63, 3.8) is 0 Å². The molecule has 5 rings (SSSR count). The lowest BCUT2D eigenvalue weighted by molar-refractivity contribution is 0.249. The van der Waals surface area contributed by atoms with Crippen molar-refractivity contribution in [3.05, 3.63) is 118 Å². The fourth-order valence-corrected chi connectivity index (χ4v) is 6.51. The number of hydrogen-bond acceptors (Lipinski definition) is 5. The molecule has 5 aromatic rings. The van der Waals surface area contributed by atoms with Crippen LogP contribution in [-0.2, 0) is 6.42 Å². The average molecular weight is 688 g/mol. The summed E-state index contributed by atoms with van der Waals surface area (Å²) in [6.45, 7) is 17.1. The summed E-state index contributed by atoms with van der Waals surface area (Å²) in [5.41, 5.74) is 6.63. The number of fused-ring (bicyclic) bond motifs is 1. The van der Waals surface area contributed by atoms with Gasteiger partial charge in [-0.1, -0.05) is 84.0 Å². The molecule has 2 aromatic heterocycles. The van der Waals surface area contributed by atoms with Crippen molar-refractivity contribution in [2.45, 2.75) is 72.6 Å². The zero-order valence-corrected chi connectivity index (χ0v) is 31.0. The zero-order valence-electron chi connectivity index (χ0n) is 31.0. The van der Waals surface area contributed by atoms with Gasteiger partial charge in [0, 0.05) is 30.4 Å². The number of ether oxygens (including phenoxy) is 1. The Bertz CT molecular complexity index is 1920. The molecular weight excluding hydrogens is 635 g/mol. The molecule has 2 amide bonds. The second-order valence-corrected chi connectivity index (χ2v) is 13.7. The van der Waals surface area contributed by atoms with Crippen LogP contribution in [0.2, 0.25) is 0 Å². The molecule has 51 heavy (non-hydrogen) atoms. The highest BCUT2D eigenvalue weighted by molar-refractivity contribution is 6.03. The van der Waals surface area contributed by atoms with Crippen molar-refractivity contribution in [1.82, 2.24) is 14.9 Å². The lowest BCUT2D eigenvalue weighted by Crippen LogP contribution is -2.39. The van der Waals surface area contributed by atoms with E-state index in [-0.39, 0.29) is 23.4 Å². The van der Waals surface area contributed by atoms with E-state index in [9.17, 15) is 9.59 Å². The molecule has 0 aliphatic carbocycles. The maximum absolute atomic E-state index is 14.4. The molecule has 0 saturated heterocycles. The van der Waals surface area contributed by atoms with Gasteiger partial charge in [-0.15, -0.1) is 0 Å². The maximum Gasteiger partial charge on any atom is 0.326 e. The Kier molecular flexibility index (Phi) is 13.0. The molecule has 0 fully saturated rings. The largest absolute Gasteiger partial charge is 0.494 e. The third-order valence-electron chi connectivity index (χ3n) is 9.45. The molecule has 8 nitrogen and oxygen atoms in total. The highest BCUT2D eigenvalue weighted by Crippen LogP contribution is 2.38. The maximum atomic E-state index is 14.4. The van der Waals surface area contributed by atoms with E-state index < -0.39 is 0 Å². The summed E-state index contributed by atoms with van der Waals surface area (Å²) in [5, 5.41) is 4.06. The second-order valence-electron chi connectivity index (χ2n) is 13.7. The van der Waals surface area contributed by atoms with Gasteiger partial charge in [0.15, 0.2) is 0 Å². The summed E-state index contributed by atoms with van der Waals surface area (Å²) in [6, 6.07) is 28.0. The van der Waals surface area contributed by atoms with Gasteiger partial charge in [-0.3, -0.25) is 9.69 Å². The van der Waals surface area contributed by atoms with Crippen LogP contribution in [0.15, 0.2) is 95.9 Å². The lowest BCUT2D eigenvalue weighted by Gasteiger charge is -2.27. The number of rotatable bonds is 16. The van der Waals surface area contributed by atoms with Crippen LogP contribution in [0.5, 0.6) is 5.75 Å². The van der Waals surface area contributed by atoms with Gasteiger partial charge in [0.05, 0.1) is 6.61 Å². The molecule has 0 spiro atoms. The number of urea groups is 1. The molecular formula is C43H53N5O3. The predicted octanol–water partition coefficient (Wildman–Crippen LogP) is 9.62. The summed E-state index contributed by atoms with van der Waals surface area (Å²) in [7, 11) is 0. The Hall–Kier alpha value is -4.95. The topological polar surface area (TPSA) is 90.6 Å². The molecule has 0 radical (unpaired) electrons. The van der Waals surface area contributed by atoms with Crippen LogP contribution >= 0.6 is 0 Å². The standard InChI is InChI=1S/C43H53N5O3/c1-7-47(8-2)23-15-25-51-36-21-12-19-33(26-36)35-27-37(30(3)4)40(38(28-35)31(5)6)45-43(50)48(24-14-18-32-16-10-9-11-17-32)39-29-34-20-13-22-44-41(34)46-42(39)49/h9-13,16-17,19-22,26-31H,7-8,14-15,18,23-25H2,1-6H3,(H,45,50)(H,44,46,49). The number of H-pyrrole nitrogens is 1. The smallest absolute Gasteiger partial charge is 0.326 e. The molecule has 0 aliphatic rings. The monoisotopic (exact) mass is 687 g/mol. The number of benzene rings is 3. The quantitative estimate of drug-likeness (QED) is 0.101. The Morgan fingerprint density at radius 2 is 1.55 bits per heavy atom. The van der Waals surface area contributed by atoms with Crippen LogP contribution in [-0.4, -0.2) is 53.7 Å². The first-order valence-electron chi connectivity index (χ1n) is 18.4. The van der Waals surface area contributed by atoms with Crippen LogP contribution in [0, 0.1) is 0 Å². The number of anilines is 2. The van der Waals surface area contributed by atoms with E-state index in [0.717, 1.165) is 71.6 Å². The molecule has 8 heteroatoms. The molecule has 3 aromatic carbocycles. The minimum atomic E-state index is -0.352. The highest BCUT2D eigenvalue weighted by atomic mass is 16.5. The fourth-order valence-electron chi connectivity index (χ4n) is 6.51. The van der Waals surface area contributed by atoms with Crippen molar-refractivity contribution in [3.8, 4) is 16.9 Å². The molecule has 2 N–H and O–H groups in total. The Balaban J connectivity index is 1.45. The van der Waals surface area contributed by atoms with E-state index in [0.29, 0.717) is 30.9 Å². The molecule has 0 unspecified atom stereocenters. The number of carbonyl (C=O) groups excluding carboxylic acids is 1. The highest BCUT2D eigenvalue weighted by Gasteiger charge is 2.24.